The van der Waals surface area contributed by atoms with Gasteiger partial charge >= 0.3 is 6.18 Å². The number of alkyl halides is 3. The molecule has 1 saturated heterocycles. The Morgan fingerprint density at radius 3 is 2.30 bits per heavy atom. The molecule has 168 valence electrons. The zero-order valence-electron chi connectivity index (χ0n) is 17.5. The Bertz CT molecular complexity index is 667. The summed E-state index contributed by atoms with van der Waals surface area (Å²) >= 11 is 0. The maximum atomic E-state index is 12.8. The summed E-state index contributed by atoms with van der Waals surface area (Å²) in [5.41, 5.74) is 1.00. The van der Waals surface area contributed by atoms with Gasteiger partial charge in [-0.05, 0) is 37.0 Å². The van der Waals surface area contributed by atoms with Crippen LogP contribution in [0.3, 0.4) is 0 Å². The third-order valence-corrected chi connectivity index (χ3v) is 5.72. The lowest BCUT2D eigenvalue weighted by atomic mass is 10.1. The van der Waals surface area contributed by atoms with Crippen LogP contribution in [0.2, 0.25) is 0 Å². The fraction of sp³-hybridized carbons (Fsp3) is 0.682. The van der Waals surface area contributed by atoms with E-state index in [4.69, 9.17) is 9.47 Å². The predicted octanol–water partition coefficient (Wildman–Crippen LogP) is 4.01. The fourth-order valence-corrected chi connectivity index (χ4v) is 4.03. The summed E-state index contributed by atoms with van der Waals surface area (Å²) in [7, 11) is 0. The van der Waals surface area contributed by atoms with Crippen LogP contribution in [-0.4, -0.2) is 66.9 Å². The van der Waals surface area contributed by atoms with Gasteiger partial charge < -0.3 is 14.4 Å². The van der Waals surface area contributed by atoms with Gasteiger partial charge in [0.1, 0.15) is 11.9 Å². The summed E-state index contributed by atoms with van der Waals surface area (Å²) in [5, 5.41) is 0. The minimum Gasteiger partial charge on any atom is -0.484 e. The molecular weight excluding hydrogens is 397 g/mol. The van der Waals surface area contributed by atoms with Gasteiger partial charge in [-0.3, -0.25) is 9.69 Å². The topological polar surface area (TPSA) is 42.0 Å². The largest absolute Gasteiger partial charge is 0.484 e. The maximum Gasteiger partial charge on any atom is 0.422 e. The number of halogens is 3. The Hall–Kier alpha value is -1.80. The van der Waals surface area contributed by atoms with Gasteiger partial charge in [-0.2, -0.15) is 13.2 Å². The van der Waals surface area contributed by atoms with E-state index in [2.05, 4.69) is 4.90 Å². The van der Waals surface area contributed by atoms with Crippen LogP contribution in [0, 0.1) is 0 Å². The molecule has 1 aromatic carbocycles. The predicted molar refractivity (Wildman–Crippen MR) is 107 cm³/mol. The number of carbonyl (C=O) groups is 1. The molecule has 1 aliphatic heterocycles. The summed E-state index contributed by atoms with van der Waals surface area (Å²) in [5.74, 6) is 0.301. The number of piperazine rings is 1. The summed E-state index contributed by atoms with van der Waals surface area (Å²) in [6, 6.07) is 6.69. The third-order valence-electron chi connectivity index (χ3n) is 5.72. The average molecular weight is 428 g/mol. The molecule has 0 unspecified atom stereocenters. The Labute approximate surface area is 176 Å². The highest BCUT2D eigenvalue weighted by Gasteiger charge is 2.30. The molecule has 0 spiro atoms. The molecule has 8 heteroatoms. The van der Waals surface area contributed by atoms with Gasteiger partial charge in [0, 0.05) is 32.7 Å². The van der Waals surface area contributed by atoms with E-state index in [9.17, 15) is 18.0 Å². The van der Waals surface area contributed by atoms with E-state index in [1.807, 2.05) is 11.8 Å². The maximum absolute atomic E-state index is 12.8. The van der Waals surface area contributed by atoms with E-state index >= 15 is 0 Å². The van der Waals surface area contributed by atoms with Crippen LogP contribution < -0.4 is 4.74 Å². The Balaban J connectivity index is 1.43. The fourth-order valence-electron chi connectivity index (χ4n) is 4.03. The number of amides is 1. The Morgan fingerprint density at radius 1 is 1.10 bits per heavy atom. The first kappa shape index (κ1) is 22.9. The molecule has 0 aromatic heterocycles. The molecule has 1 amide bonds. The van der Waals surface area contributed by atoms with E-state index in [1.54, 1.807) is 24.3 Å². The van der Waals surface area contributed by atoms with Gasteiger partial charge in [0.2, 0.25) is 0 Å². The number of benzene rings is 1. The molecule has 30 heavy (non-hydrogen) atoms. The van der Waals surface area contributed by atoms with E-state index in [0.29, 0.717) is 26.1 Å². The molecule has 1 heterocycles. The van der Waals surface area contributed by atoms with Crippen LogP contribution in [-0.2, 0) is 16.1 Å². The summed E-state index contributed by atoms with van der Waals surface area (Å²) in [4.78, 5) is 17.0. The van der Waals surface area contributed by atoms with Crippen LogP contribution in [0.25, 0.3) is 0 Å². The second-order valence-electron chi connectivity index (χ2n) is 8.09. The van der Waals surface area contributed by atoms with E-state index < -0.39 is 12.8 Å². The minimum absolute atomic E-state index is 0.0928. The monoisotopic (exact) mass is 428 g/mol. The molecule has 0 bridgehead atoms. The number of hydrogen-bond acceptors (Lipinski definition) is 4. The van der Waals surface area contributed by atoms with Crippen molar-refractivity contribution in [3.63, 3.8) is 0 Å². The van der Waals surface area contributed by atoms with Crippen molar-refractivity contribution in [2.75, 3.05) is 32.8 Å². The van der Waals surface area contributed by atoms with Crippen molar-refractivity contribution in [3.05, 3.63) is 29.8 Å². The smallest absolute Gasteiger partial charge is 0.422 e. The molecule has 0 N–H and O–H groups in total. The van der Waals surface area contributed by atoms with Gasteiger partial charge in [0.05, 0.1) is 6.10 Å². The standard InChI is InChI=1S/C22H31F3N2O3/c1-2-20(30-19-5-3-4-6-19)21(28)27-13-11-26(12-14-27)15-17-7-9-18(10-8-17)29-16-22(23,24)25/h7-10,19-20H,2-6,11-16H2,1H3/t20-/m1/s1. The van der Waals surface area contributed by atoms with Gasteiger partial charge in [0.15, 0.2) is 6.61 Å². The van der Waals surface area contributed by atoms with Crippen LogP contribution in [0.5, 0.6) is 5.75 Å². The normalized spacial score (nSPS) is 19.8. The Kier molecular flexibility index (Phi) is 7.99. The van der Waals surface area contributed by atoms with E-state index in [1.165, 1.54) is 12.8 Å². The number of nitrogens with zero attached hydrogens (tertiary/aromatic N) is 2. The van der Waals surface area contributed by atoms with Gasteiger partial charge in [-0.15, -0.1) is 0 Å². The van der Waals surface area contributed by atoms with Crippen LogP contribution in [0.4, 0.5) is 13.2 Å². The first-order valence-corrected chi connectivity index (χ1v) is 10.8. The molecule has 1 aliphatic carbocycles. The minimum atomic E-state index is -4.34. The van der Waals surface area contributed by atoms with Crippen molar-refractivity contribution in [1.82, 2.24) is 9.80 Å². The first-order chi connectivity index (χ1) is 14.3. The molecule has 3 rings (SSSR count). The highest BCUT2D eigenvalue weighted by molar-refractivity contribution is 5.81. The lowest BCUT2D eigenvalue weighted by Crippen LogP contribution is -2.51. The summed E-state index contributed by atoms with van der Waals surface area (Å²) < 4.78 is 47.5. The lowest BCUT2D eigenvalue weighted by molar-refractivity contribution is -0.153. The SMILES string of the molecule is CC[C@@H](OC1CCCC1)C(=O)N1CCN(Cc2ccc(OCC(F)(F)F)cc2)CC1. The molecule has 5 nitrogen and oxygen atoms in total. The second-order valence-corrected chi connectivity index (χ2v) is 8.09. The molecular formula is C22H31F3N2O3. The van der Waals surface area contributed by atoms with Gasteiger partial charge in [0.25, 0.3) is 5.91 Å². The molecule has 2 aliphatic rings. The van der Waals surface area contributed by atoms with E-state index in [-0.39, 0.29) is 23.9 Å². The number of carbonyl (C=O) groups excluding carboxylic acids is 1. The second kappa shape index (κ2) is 10.5. The average Bonchev–Trinajstić information content (AvgIpc) is 3.24. The molecule has 2 fully saturated rings. The van der Waals surface area contributed by atoms with Crippen LogP contribution >= 0.6 is 0 Å². The van der Waals surface area contributed by atoms with Gasteiger partial charge in [-0.1, -0.05) is 31.9 Å². The number of hydrogen-bond donors (Lipinski definition) is 0. The quantitative estimate of drug-likeness (QED) is 0.628. The summed E-state index contributed by atoms with van der Waals surface area (Å²) in [6.07, 6.45) is 0.710. The zero-order valence-corrected chi connectivity index (χ0v) is 17.5. The van der Waals surface area contributed by atoms with Crippen molar-refractivity contribution < 1.29 is 27.4 Å². The van der Waals surface area contributed by atoms with Crippen LogP contribution in [0.1, 0.15) is 44.6 Å². The molecule has 1 atom stereocenters. The molecule has 1 saturated carbocycles. The first-order valence-electron chi connectivity index (χ1n) is 10.8. The number of rotatable bonds is 8. The highest BCUT2D eigenvalue weighted by atomic mass is 19.4. The van der Waals surface area contributed by atoms with Crippen molar-refractivity contribution in [3.8, 4) is 5.75 Å². The summed E-state index contributed by atoms with van der Waals surface area (Å²) in [6.45, 7) is 4.25. The third kappa shape index (κ3) is 6.87. The van der Waals surface area contributed by atoms with Crippen molar-refractivity contribution in [2.45, 2.75) is 64.0 Å². The molecule has 0 radical (unpaired) electrons. The number of ether oxygens (including phenoxy) is 2. The zero-order chi connectivity index (χ0) is 21.6. The van der Waals surface area contributed by atoms with Crippen LogP contribution in [0.15, 0.2) is 24.3 Å². The Morgan fingerprint density at radius 2 is 1.73 bits per heavy atom. The lowest BCUT2D eigenvalue weighted by Gasteiger charge is -2.36. The van der Waals surface area contributed by atoms with Gasteiger partial charge in [-0.25, -0.2) is 0 Å². The highest BCUT2D eigenvalue weighted by Crippen LogP contribution is 2.24. The molecule has 1 aromatic rings. The van der Waals surface area contributed by atoms with Crippen molar-refractivity contribution in [2.24, 2.45) is 0 Å². The van der Waals surface area contributed by atoms with Crippen molar-refractivity contribution in [1.29, 1.82) is 0 Å². The van der Waals surface area contributed by atoms with Crippen molar-refractivity contribution >= 4 is 5.91 Å². The van der Waals surface area contributed by atoms with E-state index in [0.717, 1.165) is 31.5 Å².